The molecule has 5 heteroatoms. The van der Waals surface area contributed by atoms with Crippen LogP contribution in [0.25, 0.3) is 10.8 Å². The van der Waals surface area contributed by atoms with Crippen molar-refractivity contribution >= 4 is 20.9 Å². The second kappa shape index (κ2) is 12.7. The van der Waals surface area contributed by atoms with Gasteiger partial charge in [-0.15, -0.1) is 0 Å². The minimum absolute atomic E-state index is 0. The number of rotatable bonds is 11. The summed E-state index contributed by atoms with van der Waals surface area (Å²) in [4.78, 5) is 0.00177. The largest absolute Gasteiger partial charge is 1.00 e. The first-order chi connectivity index (χ1) is 12.5. The van der Waals surface area contributed by atoms with Crippen molar-refractivity contribution in [1.82, 2.24) is 0 Å². The maximum atomic E-state index is 12.0. The number of aryl methyl sites for hydroxylation is 2. The Hall–Kier alpha value is 0.246. The Balaban J connectivity index is 0.00000364. The van der Waals surface area contributed by atoms with Crippen molar-refractivity contribution in [2.45, 2.75) is 83.0 Å². The molecule has 0 unspecified atom stereocenters. The van der Waals surface area contributed by atoms with Crippen LogP contribution in [0.4, 0.5) is 0 Å². The minimum Gasteiger partial charge on any atom is -0.744 e. The Kier molecular flexibility index (Phi) is 11.9. The van der Waals surface area contributed by atoms with E-state index in [1.165, 1.54) is 19.3 Å². The molecule has 0 radical (unpaired) electrons. The number of benzene rings is 2. The van der Waals surface area contributed by atoms with E-state index in [1.54, 1.807) is 0 Å². The molecule has 0 bridgehead atoms. The Morgan fingerprint density at radius 3 is 2.00 bits per heavy atom. The fourth-order valence-electron chi connectivity index (χ4n) is 3.53. The Labute approximate surface area is 207 Å². The summed E-state index contributed by atoms with van der Waals surface area (Å²) in [7, 11) is -4.50. The second-order valence-electron chi connectivity index (χ2n) is 7.18. The molecule has 0 saturated carbocycles. The fraction of sp³-hybridized carbons (Fsp3) is 0.545. The van der Waals surface area contributed by atoms with Crippen LogP contribution in [0.15, 0.2) is 35.2 Å². The van der Waals surface area contributed by atoms with Gasteiger partial charge in [0.15, 0.2) is 0 Å². The molecule has 0 saturated heterocycles. The van der Waals surface area contributed by atoms with Crippen LogP contribution in [-0.2, 0) is 23.0 Å². The first-order valence-corrected chi connectivity index (χ1v) is 11.4. The predicted molar refractivity (Wildman–Crippen MR) is 108 cm³/mol. The molecule has 27 heavy (non-hydrogen) atoms. The Morgan fingerprint density at radius 1 is 0.815 bits per heavy atom. The van der Waals surface area contributed by atoms with Crippen molar-refractivity contribution in [1.29, 1.82) is 0 Å². The molecule has 144 valence electrons. The molecule has 0 aromatic heterocycles. The predicted octanol–water partition coefficient (Wildman–Crippen LogP) is 2.99. The Bertz CT molecular complexity index is 810. The fourth-order valence-corrected chi connectivity index (χ4v) is 4.47. The molecular weight excluding hydrogens is 383 g/mol. The monoisotopic (exact) mass is 414 g/mol. The minimum atomic E-state index is -4.50. The topological polar surface area (TPSA) is 57.2 Å². The molecule has 2 aromatic rings. The number of hydrogen-bond acceptors (Lipinski definition) is 3. The van der Waals surface area contributed by atoms with E-state index >= 15 is 0 Å². The van der Waals surface area contributed by atoms with E-state index in [9.17, 15) is 13.0 Å². The molecule has 0 fully saturated rings. The molecule has 0 N–H and O–H groups in total. The molecule has 0 atom stereocenters. The van der Waals surface area contributed by atoms with Gasteiger partial charge in [-0.3, -0.25) is 0 Å². The molecule has 0 aliphatic rings. The third-order valence-corrected chi connectivity index (χ3v) is 5.97. The van der Waals surface area contributed by atoms with Crippen LogP contribution in [0.3, 0.4) is 0 Å². The van der Waals surface area contributed by atoms with E-state index in [-0.39, 0.29) is 56.3 Å². The van der Waals surface area contributed by atoms with Gasteiger partial charge < -0.3 is 4.55 Å². The molecule has 3 nitrogen and oxygen atoms in total. The van der Waals surface area contributed by atoms with Crippen LogP contribution in [0.1, 0.15) is 76.3 Å². The van der Waals surface area contributed by atoms with E-state index < -0.39 is 10.1 Å². The van der Waals surface area contributed by atoms with Crippen molar-refractivity contribution in [2.24, 2.45) is 0 Å². The molecular formula is C22H31KO3S. The zero-order valence-corrected chi connectivity index (χ0v) is 21.0. The molecule has 0 spiro atoms. The summed E-state index contributed by atoms with van der Waals surface area (Å²) in [5.41, 5.74) is 1.79. The second-order valence-corrected chi connectivity index (χ2v) is 8.50. The van der Waals surface area contributed by atoms with Gasteiger partial charge in [0.05, 0.1) is 4.90 Å². The first-order valence-electron chi connectivity index (χ1n) is 9.97. The summed E-state index contributed by atoms with van der Waals surface area (Å²) in [5.74, 6) is 0. The molecule has 0 aliphatic carbocycles. The van der Waals surface area contributed by atoms with Gasteiger partial charge in [-0.05, 0) is 53.6 Å². The van der Waals surface area contributed by atoms with E-state index in [2.05, 4.69) is 19.9 Å². The normalized spacial score (nSPS) is 11.5. The van der Waals surface area contributed by atoms with Crippen LogP contribution >= 0.6 is 0 Å². The summed E-state index contributed by atoms with van der Waals surface area (Å²) in [6, 6.07) is 9.68. The SMILES string of the molecule is CCCCCCc1ccc2ccc(CCCCCC)c(S(=O)(=O)[O-])c2c1.[K+]. The van der Waals surface area contributed by atoms with Gasteiger partial charge in [-0.1, -0.05) is 76.6 Å². The summed E-state index contributed by atoms with van der Waals surface area (Å²) < 4.78 is 36.0. The average molecular weight is 415 g/mol. The number of fused-ring (bicyclic) bond motifs is 1. The van der Waals surface area contributed by atoms with Gasteiger partial charge in [-0.25, -0.2) is 8.42 Å². The standard InChI is InChI=1S/C22H32O3S.K/c1-3-5-7-9-11-18-13-14-19-15-16-20(12-10-8-6-4-2)22(21(19)17-18)26(23,24)25;/h13-17H,3-12H2,1-2H3,(H,23,24,25);/q;+1/p-1. The van der Waals surface area contributed by atoms with Gasteiger partial charge in [0, 0.05) is 0 Å². The molecule has 0 heterocycles. The van der Waals surface area contributed by atoms with Crippen LogP contribution < -0.4 is 51.4 Å². The van der Waals surface area contributed by atoms with Gasteiger partial charge >= 0.3 is 51.4 Å². The zero-order chi connectivity index (χ0) is 19.0. The molecule has 2 aromatic carbocycles. The van der Waals surface area contributed by atoms with Crippen molar-refractivity contribution in [3.05, 3.63) is 41.5 Å². The third-order valence-electron chi connectivity index (χ3n) is 4.99. The Morgan fingerprint density at radius 2 is 1.41 bits per heavy atom. The van der Waals surface area contributed by atoms with Crippen LogP contribution in [0.2, 0.25) is 0 Å². The average Bonchev–Trinajstić information content (AvgIpc) is 2.61. The van der Waals surface area contributed by atoms with Crippen molar-refractivity contribution in [3.63, 3.8) is 0 Å². The van der Waals surface area contributed by atoms with Gasteiger partial charge in [0.2, 0.25) is 0 Å². The van der Waals surface area contributed by atoms with Crippen molar-refractivity contribution < 1.29 is 64.4 Å². The number of hydrogen-bond donors (Lipinski definition) is 0. The van der Waals surface area contributed by atoms with E-state index in [0.717, 1.165) is 49.5 Å². The number of unbranched alkanes of at least 4 members (excludes halogenated alkanes) is 6. The zero-order valence-electron chi connectivity index (χ0n) is 17.1. The van der Waals surface area contributed by atoms with Gasteiger partial charge in [-0.2, -0.15) is 0 Å². The van der Waals surface area contributed by atoms with E-state index in [0.29, 0.717) is 17.4 Å². The van der Waals surface area contributed by atoms with Gasteiger partial charge in [0.25, 0.3) is 0 Å². The summed E-state index contributed by atoms with van der Waals surface area (Å²) >= 11 is 0. The quantitative estimate of drug-likeness (QED) is 0.323. The maximum absolute atomic E-state index is 12.0. The molecule has 2 rings (SSSR count). The summed E-state index contributed by atoms with van der Waals surface area (Å²) in [6.45, 7) is 4.33. The maximum Gasteiger partial charge on any atom is 1.00 e. The molecule has 0 amide bonds. The van der Waals surface area contributed by atoms with Gasteiger partial charge in [0.1, 0.15) is 10.1 Å². The van der Waals surface area contributed by atoms with Crippen molar-refractivity contribution in [3.8, 4) is 0 Å². The van der Waals surface area contributed by atoms with Crippen molar-refractivity contribution in [2.75, 3.05) is 0 Å². The summed E-state index contributed by atoms with van der Waals surface area (Å²) in [5, 5.41) is 1.43. The first kappa shape index (κ1) is 25.3. The van der Waals surface area contributed by atoms with E-state index in [1.807, 2.05) is 24.3 Å². The van der Waals surface area contributed by atoms with Crippen LogP contribution in [0.5, 0.6) is 0 Å². The third kappa shape index (κ3) is 7.88. The van der Waals surface area contributed by atoms with Crippen LogP contribution in [-0.4, -0.2) is 13.0 Å². The van der Waals surface area contributed by atoms with E-state index in [4.69, 9.17) is 0 Å². The molecule has 0 aliphatic heterocycles. The smallest absolute Gasteiger partial charge is 0.744 e. The summed E-state index contributed by atoms with van der Waals surface area (Å²) in [6.07, 6.45) is 10.5. The van der Waals surface area contributed by atoms with Crippen LogP contribution in [0, 0.1) is 0 Å².